The molecule has 2 atom stereocenters. The van der Waals surface area contributed by atoms with Crippen LogP contribution in [0.25, 0.3) is 0 Å². The van der Waals surface area contributed by atoms with Crippen LogP contribution in [0.3, 0.4) is 0 Å². The number of hydrogen-bond acceptors (Lipinski definition) is 7. The normalized spacial score (nSPS) is 21.5. The van der Waals surface area contributed by atoms with Gasteiger partial charge in [-0.25, -0.2) is 8.42 Å². The summed E-state index contributed by atoms with van der Waals surface area (Å²) in [5, 5.41) is 4.01. The van der Waals surface area contributed by atoms with E-state index in [-0.39, 0.29) is 35.6 Å². The van der Waals surface area contributed by atoms with Crippen LogP contribution < -0.4 is 4.90 Å². The van der Waals surface area contributed by atoms with E-state index in [0.717, 1.165) is 12.8 Å². The van der Waals surface area contributed by atoms with E-state index in [4.69, 9.17) is 4.52 Å². The Balaban J connectivity index is 1.43. The molecular weight excluding hydrogens is 458 g/mol. The van der Waals surface area contributed by atoms with Crippen molar-refractivity contribution in [3.05, 3.63) is 36.0 Å². The minimum atomic E-state index is -3.57. The van der Waals surface area contributed by atoms with Crippen molar-refractivity contribution in [1.29, 1.82) is 0 Å². The molecule has 11 heteroatoms. The third-order valence-corrected chi connectivity index (χ3v) is 8.67. The number of likely N-dealkylation sites (tertiary alicyclic amines) is 1. The summed E-state index contributed by atoms with van der Waals surface area (Å²) >= 11 is 0. The molecule has 2 aliphatic rings. The largest absolute Gasteiger partial charge is 0.342 e. The fraction of sp³-hybridized carbons (Fsp3) is 0.565. The molecule has 0 saturated carbocycles. The summed E-state index contributed by atoms with van der Waals surface area (Å²) in [6.07, 6.45) is 1.87. The first kappa shape index (κ1) is 24.3. The standard InChI is InChI=1S/C23H31N5O5S/c1-4-27(5-2)34(31,32)20-10-8-19(9-11-20)28-15-18(13-21(28)29)23(30)26-12-6-7-17(14-26)22-24-16(3)33-25-22/h8-11,17-18H,4-7,12-15H2,1-3H3/t17-,18-/m0/s1. The number of nitrogens with zero attached hydrogens (tertiary/aromatic N) is 5. The quantitative estimate of drug-likeness (QED) is 0.585. The summed E-state index contributed by atoms with van der Waals surface area (Å²) in [6, 6.07) is 6.31. The molecule has 2 aliphatic heterocycles. The number of carbonyl (C=O) groups excluding carboxylic acids is 2. The number of hydrogen-bond donors (Lipinski definition) is 0. The summed E-state index contributed by atoms with van der Waals surface area (Å²) in [4.78, 5) is 33.8. The highest BCUT2D eigenvalue weighted by Gasteiger charge is 2.39. The van der Waals surface area contributed by atoms with Crippen LogP contribution in [0, 0.1) is 12.8 Å². The van der Waals surface area contributed by atoms with Gasteiger partial charge in [0, 0.05) is 57.7 Å². The second-order valence-electron chi connectivity index (χ2n) is 8.78. The van der Waals surface area contributed by atoms with Crippen LogP contribution in [0.1, 0.15) is 50.7 Å². The van der Waals surface area contributed by atoms with Crippen molar-refractivity contribution in [2.24, 2.45) is 5.92 Å². The Morgan fingerprint density at radius 2 is 1.88 bits per heavy atom. The molecular formula is C23H31N5O5S. The van der Waals surface area contributed by atoms with Gasteiger partial charge in [-0.05, 0) is 37.1 Å². The lowest BCUT2D eigenvalue weighted by atomic mass is 9.95. The summed E-state index contributed by atoms with van der Waals surface area (Å²) in [5.74, 6) is 0.549. The van der Waals surface area contributed by atoms with Crippen molar-refractivity contribution in [2.45, 2.75) is 50.8 Å². The van der Waals surface area contributed by atoms with Gasteiger partial charge in [-0.3, -0.25) is 9.59 Å². The third-order valence-electron chi connectivity index (χ3n) is 6.61. The Bertz CT molecular complexity index is 1140. The van der Waals surface area contributed by atoms with E-state index in [2.05, 4.69) is 10.1 Å². The van der Waals surface area contributed by atoms with Gasteiger partial charge in [-0.2, -0.15) is 9.29 Å². The Morgan fingerprint density at radius 1 is 1.18 bits per heavy atom. The molecule has 1 aromatic carbocycles. The average molecular weight is 490 g/mol. The average Bonchev–Trinajstić information content (AvgIpc) is 3.45. The van der Waals surface area contributed by atoms with Crippen LogP contribution in [0.2, 0.25) is 0 Å². The monoisotopic (exact) mass is 489 g/mol. The topological polar surface area (TPSA) is 117 Å². The van der Waals surface area contributed by atoms with E-state index in [1.807, 2.05) is 0 Å². The summed E-state index contributed by atoms with van der Waals surface area (Å²) in [5.41, 5.74) is 0.595. The van der Waals surface area contributed by atoms with E-state index in [1.54, 1.807) is 42.7 Å². The van der Waals surface area contributed by atoms with Crippen LogP contribution in [0.4, 0.5) is 5.69 Å². The molecule has 0 unspecified atom stereocenters. The number of sulfonamides is 1. The molecule has 2 aromatic rings. The van der Waals surface area contributed by atoms with E-state index in [9.17, 15) is 18.0 Å². The Labute approximate surface area is 199 Å². The van der Waals surface area contributed by atoms with Crippen LogP contribution in [-0.4, -0.2) is 72.3 Å². The first-order chi connectivity index (χ1) is 16.2. The van der Waals surface area contributed by atoms with Crippen LogP contribution in [0.15, 0.2) is 33.7 Å². The number of rotatable bonds is 7. The first-order valence-corrected chi connectivity index (χ1v) is 13.2. The molecule has 0 spiro atoms. The number of amides is 2. The minimum Gasteiger partial charge on any atom is -0.342 e. The lowest BCUT2D eigenvalue weighted by molar-refractivity contribution is -0.137. The fourth-order valence-corrected chi connectivity index (χ4v) is 6.22. The van der Waals surface area contributed by atoms with Crippen molar-refractivity contribution in [3.63, 3.8) is 0 Å². The highest BCUT2D eigenvalue weighted by atomic mass is 32.2. The molecule has 1 aromatic heterocycles. The van der Waals surface area contributed by atoms with Gasteiger partial charge in [0.25, 0.3) is 0 Å². The molecule has 0 bridgehead atoms. The molecule has 2 fully saturated rings. The Kier molecular flexibility index (Phi) is 7.04. The number of aromatic nitrogens is 2. The Hall–Kier alpha value is -2.79. The van der Waals surface area contributed by atoms with Gasteiger partial charge in [0.15, 0.2) is 5.82 Å². The zero-order valence-electron chi connectivity index (χ0n) is 19.8. The van der Waals surface area contributed by atoms with E-state index < -0.39 is 15.9 Å². The zero-order chi connectivity index (χ0) is 24.5. The van der Waals surface area contributed by atoms with Gasteiger partial charge in [-0.15, -0.1) is 0 Å². The van der Waals surface area contributed by atoms with E-state index in [1.165, 1.54) is 16.4 Å². The molecule has 10 nitrogen and oxygen atoms in total. The Morgan fingerprint density at radius 3 is 2.50 bits per heavy atom. The maximum atomic E-state index is 13.2. The number of benzene rings is 1. The predicted molar refractivity (Wildman–Crippen MR) is 125 cm³/mol. The highest BCUT2D eigenvalue weighted by molar-refractivity contribution is 7.89. The minimum absolute atomic E-state index is 0.0312. The first-order valence-electron chi connectivity index (χ1n) is 11.7. The van der Waals surface area contributed by atoms with Crippen molar-refractivity contribution >= 4 is 27.5 Å². The maximum absolute atomic E-state index is 13.2. The van der Waals surface area contributed by atoms with Gasteiger partial charge in [0.1, 0.15) is 0 Å². The molecule has 0 radical (unpaired) electrons. The molecule has 184 valence electrons. The summed E-state index contributed by atoms with van der Waals surface area (Å²) in [7, 11) is -3.57. The highest BCUT2D eigenvalue weighted by Crippen LogP contribution is 2.31. The number of piperidine rings is 1. The van der Waals surface area contributed by atoms with Crippen LogP contribution >= 0.6 is 0 Å². The van der Waals surface area contributed by atoms with Gasteiger partial charge in [-0.1, -0.05) is 19.0 Å². The molecule has 4 rings (SSSR count). The van der Waals surface area contributed by atoms with Crippen LogP contribution in [-0.2, 0) is 19.6 Å². The molecule has 2 saturated heterocycles. The molecule has 3 heterocycles. The summed E-state index contributed by atoms with van der Waals surface area (Å²) in [6.45, 7) is 7.55. The van der Waals surface area contributed by atoms with Crippen molar-refractivity contribution < 1.29 is 22.5 Å². The van der Waals surface area contributed by atoms with Crippen molar-refractivity contribution in [3.8, 4) is 0 Å². The van der Waals surface area contributed by atoms with E-state index >= 15 is 0 Å². The third kappa shape index (κ3) is 4.72. The lowest BCUT2D eigenvalue weighted by Crippen LogP contribution is -2.43. The zero-order valence-corrected chi connectivity index (χ0v) is 20.6. The second kappa shape index (κ2) is 9.83. The smallest absolute Gasteiger partial charge is 0.243 e. The van der Waals surface area contributed by atoms with Gasteiger partial charge in [0.2, 0.25) is 27.7 Å². The molecule has 0 N–H and O–H groups in total. The maximum Gasteiger partial charge on any atom is 0.243 e. The molecule has 34 heavy (non-hydrogen) atoms. The van der Waals surface area contributed by atoms with Crippen LogP contribution in [0.5, 0.6) is 0 Å². The number of carbonyl (C=O) groups is 2. The van der Waals surface area contributed by atoms with E-state index in [0.29, 0.717) is 43.6 Å². The SMILES string of the molecule is CCN(CC)S(=O)(=O)c1ccc(N2C[C@@H](C(=O)N3CCC[C@H](c4noc(C)n4)C3)CC2=O)cc1. The lowest BCUT2D eigenvalue weighted by Gasteiger charge is -2.33. The fourth-order valence-electron chi connectivity index (χ4n) is 4.76. The van der Waals surface area contributed by atoms with Gasteiger partial charge < -0.3 is 14.3 Å². The second-order valence-corrected chi connectivity index (χ2v) is 10.7. The molecule has 0 aliphatic carbocycles. The predicted octanol–water partition coefficient (Wildman–Crippen LogP) is 2.17. The molecule has 2 amide bonds. The van der Waals surface area contributed by atoms with Crippen molar-refractivity contribution in [2.75, 3.05) is 37.6 Å². The number of anilines is 1. The van der Waals surface area contributed by atoms with Crippen molar-refractivity contribution in [1.82, 2.24) is 19.3 Å². The summed E-state index contributed by atoms with van der Waals surface area (Å²) < 4.78 is 31.9. The van der Waals surface area contributed by atoms with Gasteiger partial charge >= 0.3 is 0 Å². The van der Waals surface area contributed by atoms with Gasteiger partial charge in [0.05, 0.1) is 10.8 Å². The number of aryl methyl sites for hydroxylation is 1.